The van der Waals surface area contributed by atoms with Gasteiger partial charge in [0.05, 0.1) is 6.61 Å². The van der Waals surface area contributed by atoms with Crippen LogP contribution < -0.4 is 4.90 Å². The number of halogens is 2. The quantitative estimate of drug-likeness (QED) is 0.522. The molecule has 0 N–H and O–H groups in total. The molecular weight excluding hydrogens is 358 g/mol. The van der Waals surface area contributed by atoms with Gasteiger partial charge in [0.15, 0.2) is 0 Å². The number of alkyl halides is 1. The summed E-state index contributed by atoms with van der Waals surface area (Å²) in [7, 11) is 2.12. The predicted octanol–water partition coefficient (Wildman–Crippen LogP) is 4.21. The van der Waals surface area contributed by atoms with E-state index >= 15 is 0 Å². The highest BCUT2D eigenvalue weighted by molar-refractivity contribution is 9.10. The van der Waals surface area contributed by atoms with Crippen LogP contribution in [0.15, 0.2) is 22.7 Å². The van der Waals surface area contributed by atoms with Crippen molar-refractivity contribution in [3.8, 4) is 0 Å². The van der Waals surface area contributed by atoms with Crippen molar-refractivity contribution in [3.63, 3.8) is 0 Å². The number of nitrogens with zero attached hydrogens (tertiary/aromatic N) is 1. The normalized spacial score (nSPS) is 14.8. The molecule has 1 fully saturated rings. The Morgan fingerprint density at radius 2 is 2.17 bits per heavy atom. The molecule has 1 aliphatic rings. The van der Waals surface area contributed by atoms with E-state index < -0.39 is 0 Å². The van der Waals surface area contributed by atoms with Gasteiger partial charge in [-0.2, -0.15) is 0 Å². The van der Waals surface area contributed by atoms with Gasteiger partial charge in [0.2, 0.25) is 0 Å². The lowest BCUT2D eigenvalue weighted by molar-refractivity contribution is 0.131. The third kappa shape index (κ3) is 4.25. The van der Waals surface area contributed by atoms with Crippen LogP contribution >= 0.6 is 31.9 Å². The van der Waals surface area contributed by atoms with E-state index in [1.165, 1.54) is 24.1 Å². The van der Waals surface area contributed by atoms with Crippen LogP contribution in [0, 0.1) is 5.92 Å². The molecule has 0 aromatic heterocycles. The molecule has 0 spiro atoms. The Bertz CT molecular complexity index is 393. The van der Waals surface area contributed by atoms with E-state index in [9.17, 15) is 0 Å². The summed E-state index contributed by atoms with van der Waals surface area (Å²) in [5, 5.41) is 0.878. The maximum atomic E-state index is 5.69. The predicted molar refractivity (Wildman–Crippen MR) is 83.6 cm³/mol. The van der Waals surface area contributed by atoms with E-state index in [1.807, 2.05) is 0 Å². The van der Waals surface area contributed by atoms with Gasteiger partial charge >= 0.3 is 0 Å². The van der Waals surface area contributed by atoms with Crippen molar-refractivity contribution >= 4 is 37.5 Å². The highest BCUT2D eigenvalue weighted by Crippen LogP contribution is 2.29. The molecule has 100 valence electrons. The zero-order valence-corrected chi connectivity index (χ0v) is 13.8. The van der Waals surface area contributed by atoms with Crippen LogP contribution in [0.2, 0.25) is 0 Å². The lowest BCUT2D eigenvalue weighted by Gasteiger charge is -2.22. The fourth-order valence-electron chi connectivity index (χ4n) is 1.86. The first-order chi connectivity index (χ1) is 8.70. The van der Waals surface area contributed by atoms with Gasteiger partial charge in [-0.1, -0.05) is 37.9 Å². The number of hydrogen-bond acceptors (Lipinski definition) is 2. The van der Waals surface area contributed by atoms with Gasteiger partial charge in [0.1, 0.15) is 0 Å². The average molecular weight is 377 g/mol. The Hall–Kier alpha value is -0.0600. The number of benzene rings is 1. The lowest BCUT2D eigenvalue weighted by Crippen LogP contribution is -2.24. The summed E-state index contributed by atoms with van der Waals surface area (Å²) < 4.78 is 6.81. The molecule has 1 aromatic carbocycles. The molecule has 4 heteroatoms. The minimum atomic E-state index is 0.807. The van der Waals surface area contributed by atoms with Crippen LogP contribution in [0.5, 0.6) is 0 Å². The van der Waals surface area contributed by atoms with Crippen LogP contribution in [0.25, 0.3) is 0 Å². The summed E-state index contributed by atoms with van der Waals surface area (Å²) in [6, 6.07) is 6.39. The zero-order valence-electron chi connectivity index (χ0n) is 10.7. The van der Waals surface area contributed by atoms with E-state index in [1.54, 1.807) is 0 Å². The van der Waals surface area contributed by atoms with Crippen molar-refractivity contribution in [1.29, 1.82) is 0 Å². The number of ether oxygens (including phenoxy) is 1. The van der Waals surface area contributed by atoms with Crippen LogP contribution in [0.3, 0.4) is 0 Å². The van der Waals surface area contributed by atoms with Gasteiger partial charge in [-0.15, -0.1) is 0 Å². The largest absolute Gasteiger partial charge is 0.379 e. The van der Waals surface area contributed by atoms with Gasteiger partial charge in [0.25, 0.3) is 0 Å². The van der Waals surface area contributed by atoms with Crippen molar-refractivity contribution in [2.24, 2.45) is 5.92 Å². The lowest BCUT2D eigenvalue weighted by atomic mass is 10.2. The number of anilines is 1. The van der Waals surface area contributed by atoms with Crippen LogP contribution in [0.1, 0.15) is 18.4 Å². The van der Waals surface area contributed by atoms with E-state index in [4.69, 9.17) is 4.74 Å². The Morgan fingerprint density at radius 3 is 2.83 bits per heavy atom. The molecule has 0 amide bonds. The Balaban J connectivity index is 1.85. The van der Waals surface area contributed by atoms with E-state index in [-0.39, 0.29) is 0 Å². The van der Waals surface area contributed by atoms with Gasteiger partial charge in [-0.05, 0) is 36.5 Å². The third-order valence-electron chi connectivity index (χ3n) is 3.22. The fraction of sp³-hybridized carbons (Fsp3) is 0.571. The summed E-state index contributed by atoms with van der Waals surface area (Å²) in [6.45, 7) is 2.68. The molecule has 2 nitrogen and oxygen atoms in total. The molecule has 0 radical (unpaired) electrons. The molecule has 0 unspecified atom stereocenters. The van der Waals surface area contributed by atoms with Crippen molar-refractivity contribution < 1.29 is 4.74 Å². The highest BCUT2D eigenvalue weighted by Gasteiger charge is 2.21. The van der Waals surface area contributed by atoms with Crippen LogP contribution in [-0.2, 0) is 10.1 Å². The van der Waals surface area contributed by atoms with Crippen molar-refractivity contribution in [3.05, 3.63) is 28.2 Å². The minimum Gasteiger partial charge on any atom is -0.379 e. The summed E-state index contributed by atoms with van der Waals surface area (Å²) in [4.78, 5) is 2.26. The van der Waals surface area contributed by atoms with Crippen LogP contribution in [-0.4, -0.2) is 26.8 Å². The second kappa shape index (κ2) is 6.92. The molecule has 0 atom stereocenters. The summed E-state index contributed by atoms with van der Waals surface area (Å²) >= 11 is 7.07. The number of hydrogen-bond donors (Lipinski definition) is 0. The first-order valence-corrected chi connectivity index (χ1v) is 8.25. The molecular formula is C14H19Br2NO. The Morgan fingerprint density at radius 1 is 1.39 bits per heavy atom. The second-order valence-electron chi connectivity index (χ2n) is 4.85. The van der Waals surface area contributed by atoms with Crippen molar-refractivity contribution in [2.75, 3.05) is 31.7 Å². The van der Waals surface area contributed by atoms with Gasteiger partial charge in [-0.3, -0.25) is 0 Å². The molecule has 1 saturated carbocycles. The maximum Gasteiger partial charge on any atom is 0.0641 e. The van der Waals surface area contributed by atoms with Crippen molar-refractivity contribution in [2.45, 2.75) is 18.2 Å². The molecule has 0 bridgehead atoms. The second-order valence-corrected chi connectivity index (χ2v) is 6.32. The van der Waals surface area contributed by atoms with Gasteiger partial charge in [-0.25, -0.2) is 0 Å². The fourth-order valence-corrected chi connectivity index (χ4v) is 2.68. The summed E-state index contributed by atoms with van der Waals surface area (Å²) in [5.74, 6) is 0.847. The SMILES string of the molecule is CN(CCOCC1CC1)c1cc(Br)ccc1CBr. The molecule has 0 saturated heterocycles. The van der Waals surface area contributed by atoms with E-state index in [0.29, 0.717) is 0 Å². The van der Waals surface area contributed by atoms with Gasteiger partial charge < -0.3 is 9.64 Å². The number of likely N-dealkylation sites (N-methyl/N-ethyl adjacent to an activating group) is 1. The molecule has 2 rings (SSSR count). The zero-order chi connectivity index (χ0) is 13.0. The molecule has 1 aliphatic carbocycles. The molecule has 0 heterocycles. The summed E-state index contributed by atoms with van der Waals surface area (Å²) in [5.41, 5.74) is 2.57. The van der Waals surface area contributed by atoms with E-state index in [2.05, 4.69) is 62.0 Å². The van der Waals surface area contributed by atoms with Crippen molar-refractivity contribution in [1.82, 2.24) is 0 Å². The Kier molecular flexibility index (Phi) is 5.52. The smallest absolute Gasteiger partial charge is 0.0641 e. The average Bonchev–Trinajstić information content (AvgIpc) is 3.18. The molecule has 0 aliphatic heterocycles. The van der Waals surface area contributed by atoms with Crippen LogP contribution in [0.4, 0.5) is 5.69 Å². The van der Waals surface area contributed by atoms with Gasteiger partial charge in [0, 0.05) is 35.7 Å². The third-order valence-corrected chi connectivity index (χ3v) is 4.32. The number of rotatable bonds is 7. The standard InChI is InChI=1S/C14H19Br2NO/c1-17(6-7-18-10-11-2-3-11)14-8-13(16)5-4-12(14)9-15/h4-5,8,11H,2-3,6-7,9-10H2,1H3. The first kappa shape index (κ1) is 14.4. The minimum absolute atomic E-state index is 0.807. The highest BCUT2D eigenvalue weighted by atomic mass is 79.9. The molecule has 18 heavy (non-hydrogen) atoms. The maximum absolute atomic E-state index is 5.69. The molecule has 1 aromatic rings. The van der Waals surface area contributed by atoms with E-state index in [0.717, 1.165) is 35.5 Å². The first-order valence-electron chi connectivity index (χ1n) is 6.34. The topological polar surface area (TPSA) is 12.5 Å². The monoisotopic (exact) mass is 375 g/mol. The summed E-state index contributed by atoms with van der Waals surface area (Å²) in [6.07, 6.45) is 2.71. The Labute approximate surface area is 126 Å².